The number of ether oxygens (including phenoxy) is 3. The maximum Gasteiger partial charge on any atom is 0.277 e. The highest BCUT2D eigenvalue weighted by atomic mass is 35.5. The Bertz CT molecular complexity index is 1080. The zero-order valence-electron chi connectivity index (χ0n) is 18.7. The molecule has 0 saturated carbocycles. The Kier molecular flexibility index (Phi) is 9.15. The van der Waals surface area contributed by atoms with E-state index in [1.165, 1.54) is 11.8 Å². The lowest BCUT2D eigenvalue weighted by Gasteiger charge is -2.12. The molecule has 0 unspecified atom stereocenters. The van der Waals surface area contributed by atoms with Crippen molar-refractivity contribution in [2.45, 2.75) is 26.4 Å². The maximum atomic E-state index is 12.0. The van der Waals surface area contributed by atoms with Crippen LogP contribution < -0.4 is 19.6 Å². The van der Waals surface area contributed by atoms with Gasteiger partial charge in [-0.25, -0.2) is 5.43 Å². The van der Waals surface area contributed by atoms with E-state index >= 15 is 0 Å². The third kappa shape index (κ3) is 7.54. The maximum absolute atomic E-state index is 12.0. The SMILES string of the molecule is CCCc1ccc(OCC(=O)N/N=C/c2ccc(OCc3ccccc3Cl)c(OC)c2)cc1. The lowest BCUT2D eigenvalue weighted by atomic mass is 10.1. The molecule has 0 aromatic heterocycles. The number of hydrogen-bond acceptors (Lipinski definition) is 5. The monoisotopic (exact) mass is 466 g/mol. The van der Waals surface area contributed by atoms with E-state index in [-0.39, 0.29) is 12.5 Å². The second-order valence-corrected chi connectivity index (χ2v) is 7.67. The van der Waals surface area contributed by atoms with Gasteiger partial charge in [-0.15, -0.1) is 0 Å². The molecule has 0 spiro atoms. The summed E-state index contributed by atoms with van der Waals surface area (Å²) in [6, 6.07) is 20.6. The van der Waals surface area contributed by atoms with Crippen molar-refractivity contribution in [3.63, 3.8) is 0 Å². The fourth-order valence-electron chi connectivity index (χ4n) is 3.06. The molecule has 0 aliphatic rings. The van der Waals surface area contributed by atoms with Crippen LogP contribution in [-0.4, -0.2) is 25.8 Å². The summed E-state index contributed by atoms with van der Waals surface area (Å²) in [5.41, 5.74) is 5.33. The Morgan fingerprint density at radius 1 is 1.03 bits per heavy atom. The van der Waals surface area contributed by atoms with E-state index in [0.717, 1.165) is 24.0 Å². The smallest absolute Gasteiger partial charge is 0.277 e. The largest absolute Gasteiger partial charge is 0.493 e. The quantitative estimate of drug-likeness (QED) is 0.303. The van der Waals surface area contributed by atoms with Crippen LogP contribution in [0.5, 0.6) is 17.2 Å². The normalized spacial score (nSPS) is 10.8. The lowest BCUT2D eigenvalue weighted by Crippen LogP contribution is -2.24. The van der Waals surface area contributed by atoms with Crippen LogP contribution >= 0.6 is 11.6 Å². The molecular weight excluding hydrogens is 440 g/mol. The molecule has 0 aliphatic heterocycles. The molecule has 6 nitrogen and oxygen atoms in total. The molecule has 0 bridgehead atoms. The molecule has 1 N–H and O–H groups in total. The van der Waals surface area contributed by atoms with Gasteiger partial charge in [-0.2, -0.15) is 5.10 Å². The number of halogens is 1. The van der Waals surface area contributed by atoms with Crippen LogP contribution in [0.2, 0.25) is 5.02 Å². The Morgan fingerprint density at radius 3 is 2.55 bits per heavy atom. The molecule has 3 rings (SSSR count). The Morgan fingerprint density at radius 2 is 1.82 bits per heavy atom. The van der Waals surface area contributed by atoms with Crippen LogP contribution in [0, 0.1) is 0 Å². The van der Waals surface area contributed by atoms with Crippen molar-refractivity contribution in [3.05, 3.63) is 88.4 Å². The molecule has 0 atom stereocenters. The van der Waals surface area contributed by atoms with E-state index in [4.69, 9.17) is 25.8 Å². The van der Waals surface area contributed by atoms with Crippen molar-refractivity contribution in [3.8, 4) is 17.2 Å². The van der Waals surface area contributed by atoms with Gasteiger partial charge in [0.25, 0.3) is 5.91 Å². The summed E-state index contributed by atoms with van der Waals surface area (Å²) >= 11 is 6.18. The number of hydrogen-bond donors (Lipinski definition) is 1. The fraction of sp³-hybridized carbons (Fsp3) is 0.231. The molecule has 1 amide bonds. The predicted octanol–water partition coefficient (Wildman–Crippen LogP) is 5.41. The minimum atomic E-state index is -0.351. The van der Waals surface area contributed by atoms with Crippen molar-refractivity contribution in [2.75, 3.05) is 13.7 Å². The van der Waals surface area contributed by atoms with E-state index in [2.05, 4.69) is 17.5 Å². The molecule has 3 aromatic rings. The summed E-state index contributed by atoms with van der Waals surface area (Å²) in [5, 5.41) is 4.63. The first-order chi connectivity index (χ1) is 16.1. The highest BCUT2D eigenvalue weighted by Crippen LogP contribution is 2.29. The number of nitrogens with zero attached hydrogens (tertiary/aromatic N) is 1. The van der Waals surface area contributed by atoms with E-state index in [9.17, 15) is 4.79 Å². The van der Waals surface area contributed by atoms with E-state index < -0.39 is 0 Å². The van der Waals surface area contributed by atoms with Crippen LogP contribution in [0.1, 0.15) is 30.0 Å². The Balaban J connectivity index is 1.49. The minimum Gasteiger partial charge on any atom is -0.493 e. The van der Waals surface area contributed by atoms with Crippen molar-refractivity contribution in [1.82, 2.24) is 5.43 Å². The number of aryl methyl sites for hydroxylation is 1. The van der Waals surface area contributed by atoms with Gasteiger partial charge in [0, 0.05) is 10.6 Å². The second-order valence-electron chi connectivity index (χ2n) is 7.27. The van der Waals surface area contributed by atoms with Gasteiger partial charge in [0.1, 0.15) is 12.4 Å². The molecular formula is C26H27ClN2O4. The van der Waals surface area contributed by atoms with Crippen LogP contribution in [-0.2, 0) is 17.8 Å². The van der Waals surface area contributed by atoms with Gasteiger partial charge < -0.3 is 14.2 Å². The van der Waals surface area contributed by atoms with Crippen LogP contribution in [0.4, 0.5) is 0 Å². The molecule has 0 saturated heterocycles. The summed E-state index contributed by atoms with van der Waals surface area (Å²) in [7, 11) is 1.56. The molecule has 172 valence electrons. The van der Waals surface area contributed by atoms with E-state index in [0.29, 0.717) is 28.9 Å². The van der Waals surface area contributed by atoms with Crippen molar-refractivity contribution in [2.24, 2.45) is 5.10 Å². The van der Waals surface area contributed by atoms with Crippen molar-refractivity contribution in [1.29, 1.82) is 0 Å². The summed E-state index contributed by atoms with van der Waals surface area (Å²) in [4.78, 5) is 12.0. The summed E-state index contributed by atoms with van der Waals surface area (Å²) in [6.07, 6.45) is 3.64. The molecule has 0 aliphatic carbocycles. The molecule has 3 aromatic carbocycles. The number of hydrazone groups is 1. The topological polar surface area (TPSA) is 69.2 Å². The molecule has 0 heterocycles. The number of methoxy groups -OCH3 is 1. The third-order valence-corrected chi connectivity index (χ3v) is 5.13. The zero-order chi connectivity index (χ0) is 23.5. The summed E-state index contributed by atoms with van der Waals surface area (Å²) in [6.45, 7) is 2.33. The average Bonchev–Trinajstić information content (AvgIpc) is 2.83. The molecule has 0 fully saturated rings. The molecule has 0 radical (unpaired) electrons. The van der Waals surface area contributed by atoms with Gasteiger partial charge in [0.05, 0.1) is 13.3 Å². The second kappa shape index (κ2) is 12.5. The Hall–Kier alpha value is -3.51. The van der Waals surface area contributed by atoms with E-state index in [1.807, 2.05) is 54.6 Å². The number of benzene rings is 3. The van der Waals surface area contributed by atoms with Crippen LogP contribution in [0.3, 0.4) is 0 Å². The summed E-state index contributed by atoms with van der Waals surface area (Å²) < 4.78 is 16.8. The number of rotatable bonds is 11. The molecule has 33 heavy (non-hydrogen) atoms. The molecule has 7 heteroatoms. The first-order valence-electron chi connectivity index (χ1n) is 10.7. The van der Waals surface area contributed by atoms with Gasteiger partial charge >= 0.3 is 0 Å². The van der Waals surface area contributed by atoms with Gasteiger partial charge in [0.15, 0.2) is 18.1 Å². The van der Waals surface area contributed by atoms with Crippen LogP contribution in [0.15, 0.2) is 71.8 Å². The number of carbonyl (C=O) groups excluding carboxylic acids is 1. The highest BCUT2D eigenvalue weighted by Gasteiger charge is 2.07. The lowest BCUT2D eigenvalue weighted by molar-refractivity contribution is -0.123. The van der Waals surface area contributed by atoms with Crippen molar-refractivity contribution >= 4 is 23.7 Å². The van der Waals surface area contributed by atoms with Gasteiger partial charge in [-0.3, -0.25) is 4.79 Å². The standard InChI is InChI=1S/C26H27ClN2O4/c1-3-6-19-9-12-22(13-10-19)32-18-26(30)29-28-16-20-11-14-24(25(15-20)31-2)33-17-21-7-4-5-8-23(21)27/h4-5,7-16H,3,6,17-18H2,1-2H3,(H,29,30)/b28-16+. The zero-order valence-corrected chi connectivity index (χ0v) is 19.5. The minimum absolute atomic E-state index is 0.122. The number of carbonyl (C=O) groups is 1. The predicted molar refractivity (Wildman–Crippen MR) is 130 cm³/mol. The Labute approximate surface area is 199 Å². The van der Waals surface area contributed by atoms with Gasteiger partial charge in [-0.1, -0.05) is 55.3 Å². The fourth-order valence-corrected chi connectivity index (χ4v) is 3.25. The average molecular weight is 467 g/mol. The first-order valence-corrected chi connectivity index (χ1v) is 11.0. The van der Waals surface area contributed by atoms with Gasteiger partial charge in [0.2, 0.25) is 0 Å². The van der Waals surface area contributed by atoms with Gasteiger partial charge in [-0.05, 0) is 53.9 Å². The van der Waals surface area contributed by atoms with Crippen molar-refractivity contribution < 1.29 is 19.0 Å². The third-order valence-electron chi connectivity index (χ3n) is 4.76. The highest BCUT2D eigenvalue weighted by molar-refractivity contribution is 6.31. The van der Waals surface area contributed by atoms with Crippen LogP contribution in [0.25, 0.3) is 0 Å². The van der Waals surface area contributed by atoms with E-state index in [1.54, 1.807) is 19.2 Å². The first kappa shape index (κ1) is 24.1. The summed E-state index contributed by atoms with van der Waals surface area (Å²) in [5.74, 6) is 1.42. The number of amides is 1. The number of nitrogens with one attached hydrogen (secondary N) is 1.